The lowest BCUT2D eigenvalue weighted by Gasteiger charge is -2.02. The van der Waals surface area contributed by atoms with E-state index >= 15 is 0 Å². The summed E-state index contributed by atoms with van der Waals surface area (Å²) in [7, 11) is 0. The second kappa shape index (κ2) is 4.83. The first-order valence-corrected chi connectivity index (χ1v) is 8.17. The van der Waals surface area contributed by atoms with Gasteiger partial charge in [0.05, 0.1) is 16.1 Å². The molecule has 0 saturated heterocycles. The van der Waals surface area contributed by atoms with Crippen LogP contribution < -0.4 is 0 Å². The fourth-order valence-electron chi connectivity index (χ4n) is 2.89. The minimum absolute atomic E-state index is 0.904. The molecule has 0 saturated carbocycles. The highest BCUT2D eigenvalue weighted by atomic mass is 32.1. The number of nitrogens with zero attached hydrogens (tertiary/aromatic N) is 3. The molecule has 4 heteroatoms. The molecular formula is C19H11N3S. The molecule has 0 spiro atoms. The van der Waals surface area contributed by atoms with E-state index in [2.05, 4.69) is 39.2 Å². The first-order valence-electron chi connectivity index (χ1n) is 7.36. The lowest BCUT2D eigenvalue weighted by molar-refractivity contribution is 1.28. The fraction of sp³-hybridized carbons (Fsp3) is 0. The quantitative estimate of drug-likeness (QED) is 0.434. The Bertz CT molecular complexity index is 1180. The maximum absolute atomic E-state index is 4.63. The normalized spacial score (nSPS) is 11.5. The van der Waals surface area contributed by atoms with Gasteiger partial charge in [0.15, 0.2) is 0 Å². The van der Waals surface area contributed by atoms with Gasteiger partial charge in [0.2, 0.25) is 0 Å². The van der Waals surface area contributed by atoms with Gasteiger partial charge < -0.3 is 0 Å². The van der Waals surface area contributed by atoms with Crippen molar-refractivity contribution in [3.05, 3.63) is 67.3 Å². The highest BCUT2D eigenvalue weighted by Crippen LogP contribution is 2.34. The van der Waals surface area contributed by atoms with Crippen LogP contribution in [0.15, 0.2) is 67.3 Å². The standard InChI is InChI=1S/C19H11N3S/c1-2-4-13-9-21-16(7-12(13)3-1)17-8-18-15(10-22-17)14-5-6-20-11-19(14)23-18/h1-11H. The van der Waals surface area contributed by atoms with Crippen molar-refractivity contribution in [3.63, 3.8) is 0 Å². The van der Waals surface area contributed by atoms with Gasteiger partial charge in [-0.2, -0.15) is 0 Å². The van der Waals surface area contributed by atoms with Crippen molar-refractivity contribution >= 4 is 42.3 Å². The van der Waals surface area contributed by atoms with E-state index in [-0.39, 0.29) is 0 Å². The zero-order valence-electron chi connectivity index (χ0n) is 12.1. The Balaban J connectivity index is 1.73. The molecule has 0 bridgehead atoms. The van der Waals surface area contributed by atoms with Crippen LogP contribution in [0.5, 0.6) is 0 Å². The van der Waals surface area contributed by atoms with Gasteiger partial charge in [-0.05, 0) is 23.6 Å². The predicted octanol–water partition coefficient (Wildman–Crippen LogP) is 5.06. The molecular weight excluding hydrogens is 302 g/mol. The van der Waals surface area contributed by atoms with Crippen LogP contribution in [0.25, 0.3) is 42.3 Å². The van der Waals surface area contributed by atoms with Crippen molar-refractivity contribution in [3.8, 4) is 11.4 Å². The Morgan fingerprint density at radius 3 is 2.48 bits per heavy atom. The van der Waals surface area contributed by atoms with Crippen LogP contribution in [-0.4, -0.2) is 15.0 Å². The third kappa shape index (κ3) is 1.99. The van der Waals surface area contributed by atoms with E-state index in [4.69, 9.17) is 0 Å². The number of hydrogen-bond donors (Lipinski definition) is 0. The highest BCUT2D eigenvalue weighted by Gasteiger charge is 2.09. The van der Waals surface area contributed by atoms with Crippen molar-refractivity contribution in [2.45, 2.75) is 0 Å². The average Bonchev–Trinajstić information content (AvgIpc) is 2.99. The zero-order chi connectivity index (χ0) is 15.2. The Labute approximate surface area is 136 Å². The molecule has 5 aromatic rings. The van der Waals surface area contributed by atoms with Crippen LogP contribution in [-0.2, 0) is 0 Å². The number of benzene rings is 1. The molecule has 3 nitrogen and oxygen atoms in total. The number of rotatable bonds is 1. The zero-order valence-corrected chi connectivity index (χ0v) is 12.9. The molecule has 0 fully saturated rings. The summed E-state index contributed by atoms with van der Waals surface area (Å²) >= 11 is 1.74. The summed E-state index contributed by atoms with van der Waals surface area (Å²) in [5.74, 6) is 0. The summed E-state index contributed by atoms with van der Waals surface area (Å²) in [6.45, 7) is 0. The van der Waals surface area contributed by atoms with Gasteiger partial charge in [-0.25, -0.2) is 0 Å². The van der Waals surface area contributed by atoms with E-state index in [9.17, 15) is 0 Å². The topological polar surface area (TPSA) is 38.7 Å². The third-order valence-electron chi connectivity index (χ3n) is 4.05. The largest absolute Gasteiger partial charge is 0.263 e. The van der Waals surface area contributed by atoms with E-state index in [1.54, 1.807) is 11.3 Å². The lowest BCUT2D eigenvalue weighted by atomic mass is 10.1. The van der Waals surface area contributed by atoms with E-state index in [1.165, 1.54) is 25.6 Å². The molecule has 4 heterocycles. The Hall–Kier alpha value is -2.85. The summed E-state index contributed by atoms with van der Waals surface area (Å²) in [5.41, 5.74) is 1.81. The summed E-state index contributed by atoms with van der Waals surface area (Å²) < 4.78 is 2.40. The Morgan fingerprint density at radius 2 is 1.52 bits per heavy atom. The molecule has 5 rings (SSSR count). The van der Waals surface area contributed by atoms with E-state index in [0.717, 1.165) is 16.8 Å². The van der Waals surface area contributed by atoms with E-state index < -0.39 is 0 Å². The molecule has 0 amide bonds. The van der Waals surface area contributed by atoms with E-state index in [0.29, 0.717) is 0 Å². The van der Waals surface area contributed by atoms with Crippen molar-refractivity contribution < 1.29 is 0 Å². The van der Waals surface area contributed by atoms with Crippen molar-refractivity contribution in [1.29, 1.82) is 0 Å². The second-order valence-corrected chi connectivity index (χ2v) is 6.54. The van der Waals surface area contributed by atoms with Crippen LogP contribution in [0.1, 0.15) is 0 Å². The summed E-state index contributed by atoms with van der Waals surface area (Å²) in [6.07, 6.45) is 7.59. The van der Waals surface area contributed by atoms with Gasteiger partial charge in [-0.1, -0.05) is 24.3 Å². The molecule has 0 atom stereocenters. The molecule has 108 valence electrons. The van der Waals surface area contributed by atoms with Crippen LogP contribution in [0.4, 0.5) is 0 Å². The highest BCUT2D eigenvalue weighted by molar-refractivity contribution is 7.25. The monoisotopic (exact) mass is 313 g/mol. The fourth-order valence-corrected chi connectivity index (χ4v) is 3.97. The minimum atomic E-state index is 0.904. The average molecular weight is 313 g/mol. The first kappa shape index (κ1) is 12.7. The molecule has 0 N–H and O–H groups in total. The minimum Gasteiger partial charge on any atom is -0.263 e. The summed E-state index contributed by atoms with van der Waals surface area (Å²) in [4.78, 5) is 13.4. The molecule has 0 aliphatic rings. The number of pyridine rings is 3. The van der Waals surface area contributed by atoms with Gasteiger partial charge in [0.1, 0.15) is 0 Å². The second-order valence-electron chi connectivity index (χ2n) is 5.46. The third-order valence-corrected chi connectivity index (χ3v) is 5.16. The molecule has 0 aliphatic heterocycles. The number of fused-ring (bicyclic) bond motifs is 4. The van der Waals surface area contributed by atoms with Gasteiger partial charge in [-0.3, -0.25) is 15.0 Å². The van der Waals surface area contributed by atoms with Crippen molar-refractivity contribution in [2.75, 3.05) is 0 Å². The van der Waals surface area contributed by atoms with E-state index in [1.807, 2.05) is 43.0 Å². The number of hydrogen-bond acceptors (Lipinski definition) is 4. The SMILES string of the molecule is c1ccc2cc(-c3cc4sc5cnccc5c4cn3)ncc2c1. The van der Waals surface area contributed by atoms with Crippen molar-refractivity contribution in [1.82, 2.24) is 15.0 Å². The molecule has 0 radical (unpaired) electrons. The number of aromatic nitrogens is 3. The Kier molecular flexibility index (Phi) is 2.66. The van der Waals surface area contributed by atoms with Gasteiger partial charge in [0, 0.05) is 45.6 Å². The summed E-state index contributed by atoms with van der Waals surface area (Å²) in [5, 5.41) is 4.72. The lowest BCUT2D eigenvalue weighted by Crippen LogP contribution is -1.87. The molecule has 4 aromatic heterocycles. The molecule has 0 aliphatic carbocycles. The van der Waals surface area contributed by atoms with Crippen LogP contribution >= 0.6 is 11.3 Å². The number of thiophene rings is 1. The van der Waals surface area contributed by atoms with Gasteiger partial charge in [-0.15, -0.1) is 11.3 Å². The molecule has 1 aromatic carbocycles. The van der Waals surface area contributed by atoms with Gasteiger partial charge >= 0.3 is 0 Å². The molecule has 23 heavy (non-hydrogen) atoms. The molecule has 0 unspecified atom stereocenters. The van der Waals surface area contributed by atoms with Gasteiger partial charge in [0.25, 0.3) is 0 Å². The summed E-state index contributed by atoms with van der Waals surface area (Å²) in [6, 6.07) is 14.5. The maximum atomic E-state index is 4.63. The first-order chi connectivity index (χ1) is 11.4. The smallest absolute Gasteiger partial charge is 0.0900 e. The maximum Gasteiger partial charge on any atom is 0.0900 e. The predicted molar refractivity (Wildman–Crippen MR) is 95.7 cm³/mol. The Morgan fingerprint density at radius 1 is 0.696 bits per heavy atom. The van der Waals surface area contributed by atoms with Crippen molar-refractivity contribution in [2.24, 2.45) is 0 Å². The van der Waals surface area contributed by atoms with Crippen LogP contribution in [0.3, 0.4) is 0 Å². The van der Waals surface area contributed by atoms with Crippen LogP contribution in [0.2, 0.25) is 0 Å². The van der Waals surface area contributed by atoms with Crippen LogP contribution in [0, 0.1) is 0 Å².